The van der Waals surface area contributed by atoms with Crippen LogP contribution in [0.5, 0.6) is 5.75 Å². The average Bonchev–Trinajstić information content (AvgIpc) is 2.65. The number of carboxylic acids is 1. The van der Waals surface area contributed by atoms with E-state index in [1.807, 2.05) is 52.8 Å². The van der Waals surface area contributed by atoms with Gasteiger partial charge in [-0.15, -0.1) is 0 Å². The molecule has 1 N–H and O–H groups in total. The highest BCUT2D eigenvalue weighted by Crippen LogP contribution is 2.37. The van der Waals surface area contributed by atoms with Crippen molar-refractivity contribution < 1.29 is 23.9 Å². The van der Waals surface area contributed by atoms with Gasteiger partial charge in [-0.2, -0.15) is 0 Å². The molecule has 0 aromatic heterocycles. The lowest BCUT2D eigenvalue weighted by atomic mass is 9.77. The Morgan fingerprint density at radius 1 is 1.21 bits per heavy atom. The van der Waals surface area contributed by atoms with E-state index in [4.69, 9.17) is 14.0 Å². The smallest absolute Gasteiger partial charge is 0.493 e. The first-order valence-electron chi connectivity index (χ1n) is 8.18. The van der Waals surface area contributed by atoms with Crippen molar-refractivity contribution in [2.75, 3.05) is 6.61 Å². The van der Waals surface area contributed by atoms with Gasteiger partial charge in [0.2, 0.25) is 0 Å². The zero-order chi connectivity index (χ0) is 18.3. The molecule has 1 aromatic rings. The normalized spacial score (nSPS) is 19.4. The van der Waals surface area contributed by atoms with Crippen molar-refractivity contribution in [1.82, 2.24) is 0 Å². The van der Waals surface area contributed by atoms with Gasteiger partial charge in [0.25, 0.3) is 0 Å². The molecule has 2 rings (SSSR count). The monoisotopic (exact) mass is 334 g/mol. The summed E-state index contributed by atoms with van der Waals surface area (Å²) in [6, 6.07) is 5.73. The van der Waals surface area contributed by atoms with Gasteiger partial charge in [-0.25, -0.2) is 0 Å². The fraction of sp³-hybridized carbons (Fsp3) is 0.611. The minimum absolute atomic E-state index is 0.0674. The van der Waals surface area contributed by atoms with Gasteiger partial charge in [-0.1, -0.05) is 17.7 Å². The summed E-state index contributed by atoms with van der Waals surface area (Å²) in [6.45, 7) is 13.3. The number of carboxylic acid groups (broad SMARTS) is 1. The van der Waals surface area contributed by atoms with E-state index in [0.29, 0.717) is 5.75 Å². The molecule has 0 spiro atoms. The molecular weight excluding hydrogens is 307 g/mol. The number of aliphatic carboxylic acids is 1. The van der Waals surface area contributed by atoms with Crippen LogP contribution in [0, 0.1) is 12.3 Å². The molecule has 24 heavy (non-hydrogen) atoms. The highest BCUT2D eigenvalue weighted by molar-refractivity contribution is 6.63. The fourth-order valence-electron chi connectivity index (χ4n) is 2.27. The Morgan fingerprint density at radius 2 is 1.75 bits per heavy atom. The van der Waals surface area contributed by atoms with Crippen molar-refractivity contribution in [2.24, 2.45) is 5.41 Å². The molecule has 0 saturated carbocycles. The van der Waals surface area contributed by atoms with Crippen molar-refractivity contribution in [2.45, 2.75) is 59.7 Å². The summed E-state index contributed by atoms with van der Waals surface area (Å²) in [4.78, 5) is 11.3. The minimum Gasteiger partial charge on any atom is -0.493 e. The molecule has 0 bridgehead atoms. The van der Waals surface area contributed by atoms with E-state index in [1.165, 1.54) is 0 Å². The van der Waals surface area contributed by atoms with Crippen LogP contribution in [0.15, 0.2) is 18.2 Å². The van der Waals surface area contributed by atoms with Gasteiger partial charge in [0.1, 0.15) is 12.4 Å². The molecule has 132 valence electrons. The van der Waals surface area contributed by atoms with E-state index in [-0.39, 0.29) is 6.61 Å². The predicted octanol–water partition coefficient (Wildman–Crippen LogP) is 2.78. The van der Waals surface area contributed by atoms with Crippen LogP contribution in [-0.4, -0.2) is 36.0 Å². The maximum absolute atomic E-state index is 11.3. The van der Waals surface area contributed by atoms with Crippen molar-refractivity contribution in [3.63, 3.8) is 0 Å². The molecule has 1 aliphatic heterocycles. The molecule has 1 heterocycles. The highest BCUT2D eigenvalue weighted by Gasteiger charge is 2.52. The maximum atomic E-state index is 11.3. The molecule has 1 fully saturated rings. The maximum Gasteiger partial charge on any atom is 0.498 e. The van der Waals surface area contributed by atoms with Crippen LogP contribution in [0.1, 0.15) is 47.1 Å². The van der Waals surface area contributed by atoms with E-state index < -0.39 is 29.7 Å². The Balaban J connectivity index is 2.28. The predicted molar refractivity (Wildman–Crippen MR) is 93.8 cm³/mol. The number of rotatable bonds is 5. The van der Waals surface area contributed by atoms with E-state index in [9.17, 15) is 9.90 Å². The zero-order valence-corrected chi connectivity index (χ0v) is 15.6. The van der Waals surface area contributed by atoms with Crippen LogP contribution < -0.4 is 10.2 Å². The number of aryl methyl sites for hydroxylation is 1. The molecule has 0 atom stereocenters. The molecule has 0 aliphatic carbocycles. The van der Waals surface area contributed by atoms with Crippen LogP contribution in [0.3, 0.4) is 0 Å². The van der Waals surface area contributed by atoms with Crippen LogP contribution >= 0.6 is 0 Å². The molecule has 1 aliphatic rings. The molecule has 5 nitrogen and oxygen atoms in total. The Labute approximate surface area is 144 Å². The van der Waals surface area contributed by atoms with Crippen LogP contribution in [0.25, 0.3) is 0 Å². The molecule has 6 heteroatoms. The number of ether oxygens (including phenoxy) is 1. The summed E-state index contributed by atoms with van der Waals surface area (Å²) in [6.07, 6.45) is 0. The van der Waals surface area contributed by atoms with Gasteiger partial charge in [0.15, 0.2) is 0 Å². The van der Waals surface area contributed by atoms with Gasteiger partial charge >= 0.3 is 13.1 Å². The minimum atomic E-state index is -0.974. The fourth-order valence-corrected chi connectivity index (χ4v) is 2.27. The second-order valence-electron chi connectivity index (χ2n) is 8.11. The topological polar surface area (TPSA) is 65.0 Å². The lowest BCUT2D eigenvalue weighted by molar-refractivity contribution is -0.148. The van der Waals surface area contributed by atoms with Gasteiger partial charge in [0, 0.05) is 5.46 Å². The lowest BCUT2D eigenvalue weighted by Gasteiger charge is -2.32. The molecule has 1 saturated heterocycles. The van der Waals surface area contributed by atoms with E-state index in [1.54, 1.807) is 13.8 Å². The Kier molecular flexibility index (Phi) is 4.77. The van der Waals surface area contributed by atoms with Gasteiger partial charge < -0.3 is 19.2 Å². The van der Waals surface area contributed by atoms with E-state index in [0.717, 1.165) is 11.0 Å². The Bertz CT molecular complexity index is 620. The van der Waals surface area contributed by atoms with Gasteiger partial charge in [0.05, 0.1) is 16.6 Å². The second-order valence-corrected chi connectivity index (χ2v) is 8.11. The lowest BCUT2D eigenvalue weighted by Crippen LogP contribution is -2.41. The summed E-state index contributed by atoms with van der Waals surface area (Å²) in [5.74, 6) is -0.305. The van der Waals surface area contributed by atoms with Crippen molar-refractivity contribution in [3.05, 3.63) is 23.8 Å². The van der Waals surface area contributed by atoms with Crippen molar-refractivity contribution in [3.8, 4) is 5.75 Å². The van der Waals surface area contributed by atoms with Crippen molar-refractivity contribution >= 4 is 18.6 Å². The number of carbonyl (C=O) groups is 1. The van der Waals surface area contributed by atoms with Gasteiger partial charge in [-0.05, 0) is 54.5 Å². The van der Waals surface area contributed by atoms with E-state index in [2.05, 4.69) is 0 Å². The molecular formula is C18H27BO5. The molecule has 0 radical (unpaired) electrons. The quantitative estimate of drug-likeness (QED) is 0.839. The Hall–Kier alpha value is -1.53. The molecule has 0 unspecified atom stereocenters. The first-order chi connectivity index (χ1) is 10.9. The number of hydrogen-bond donors (Lipinski definition) is 1. The SMILES string of the molecule is Cc1ccc(OCC(C)(C)C(=O)O)c(B2OC(C)(C)C(C)(C)O2)c1. The average molecular weight is 334 g/mol. The summed E-state index contributed by atoms with van der Waals surface area (Å²) in [5.41, 5.74) is -0.0183. The first-order valence-corrected chi connectivity index (χ1v) is 8.18. The highest BCUT2D eigenvalue weighted by atomic mass is 16.7. The molecule has 1 aromatic carbocycles. The van der Waals surface area contributed by atoms with Crippen LogP contribution in [0.4, 0.5) is 0 Å². The van der Waals surface area contributed by atoms with Crippen LogP contribution in [-0.2, 0) is 14.1 Å². The standard InChI is InChI=1S/C18H27BO5/c1-12-8-9-14(22-11-16(2,3)15(20)21)13(10-12)19-23-17(4,5)18(6,7)24-19/h8-10H,11H2,1-7H3,(H,20,21). The van der Waals surface area contributed by atoms with Gasteiger partial charge in [-0.3, -0.25) is 4.79 Å². The summed E-state index contributed by atoms with van der Waals surface area (Å²) >= 11 is 0. The second kappa shape index (κ2) is 6.08. The summed E-state index contributed by atoms with van der Waals surface area (Å²) in [7, 11) is -0.544. The van der Waals surface area contributed by atoms with Crippen molar-refractivity contribution in [1.29, 1.82) is 0 Å². The zero-order valence-electron chi connectivity index (χ0n) is 15.6. The number of benzene rings is 1. The largest absolute Gasteiger partial charge is 0.498 e. The third kappa shape index (κ3) is 3.60. The molecule has 0 amide bonds. The third-order valence-electron chi connectivity index (χ3n) is 4.84. The third-order valence-corrected chi connectivity index (χ3v) is 4.84. The number of hydrogen-bond acceptors (Lipinski definition) is 4. The van der Waals surface area contributed by atoms with Crippen LogP contribution in [0.2, 0.25) is 0 Å². The Morgan fingerprint density at radius 3 is 2.25 bits per heavy atom. The summed E-state index contributed by atoms with van der Waals surface area (Å²) < 4.78 is 18.0. The van der Waals surface area contributed by atoms with E-state index >= 15 is 0 Å². The first kappa shape index (κ1) is 18.8. The summed E-state index contributed by atoms with van der Waals surface area (Å²) in [5, 5.41) is 9.25.